The first kappa shape index (κ1) is 17.0. The van der Waals surface area contributed by atoms with E-state index in [1.54, 1.807) is 0 Å². The third-order valence-electron chi connectivity index (χ3n) is 3.10. The van der Waals surface area contributed by atoms with Gasteiger partial charge < -0.3 is 11.1 Å². The van der Waals surface area contributed by atoms with E-state index < -0.39 is 0 Å². The Hall–Kier alpha value is -1.10. The third kappa shape index (κ3) is 5.12. The lowest BCUT2D eigenvalue weighted by molar-refractivity contribution is -0.123. The van der Waals surface area contributed by atoms with Gasteiger partial charge in [-0.1, -0.05) is 30.7 Å². The molecule has 4 nitrogen and oxygen atoms in total. The number of hydrogen-bond donors (Lipinski definition) is 2. The molecule has 0 saturated heterocycles. The highest BCUT2D eigenvalue weighted by atomic mass is 35.5. The number of amides is 1. The highest BCUT2D eigenvalue weighted by Gasteiger charge is 2.20. The van der Waals surface area contributed by atoms with Gasteiger partial charge in [-0.05, 0) is 38.1 Å². The number of nitrogens with zero attached hydrogens (tertiary/aromatic N) is 1. The van der Waals surface area contributed by atoms with Crippen LogP contribution < -0.4 is 11.1 Å². The van der Waals surface area contributed by atoms with Crippen molar-refractivity contribution in [3.8, 4) is 0 Å². The smallest absolute Gasteiger partial charge is 0.234 e. The van der Waals surface area contributed by atoms with E-state index >= 15 is 0 Å². The van der Waals surface area contributed by atoms with Crippen LogP contribution in [-0.2, 0) is 4.79 Å². The SMILES string of the molecule is CCN(CC(=O)NC(C)C)C(CN)c1cccc(Cl)c1. The van der Waals surface area contributed by atoms with E-state index in [1.165, 1.54) is 0 Å². The van der Waals surface area contributed by atoms with Gasteiger partial charge in [-0.25, -0.2) is 0 Å². The van der Waals surface area contributed by atoms with Crippen molar-refractivity contribution in [2.75, 3.05) is 19.6 Å². The molecular formula is C15H24ClN3O. The molecule has 1 rings (SSSR count). The van der Waals surface area contributed by atoms with Crippen LogP contribution in [0.25, 0.3) is 0 Å². The van der Waals surface area contributed by atoms with Crippen LogP contribution in [-0.4, -0.2) is 36.5 Å². The maximum atomic E-state index is 11.9. The number of nitrogens with two attached hydrogens (primary N) is 1. The van der Waals surface area contributed by atoms with Crippen LogP contribution in [0, 0.1) is 0 Å². The van der Waals surface area contributed by atoms with E-state index in [2.05, 4.69) is 10.2 Å². The van der Waals surface area contributed by atoms with Gasteiger partial charge in [0.15, 0.2) is 0 Å². The lowest BCUT2D eigenvalue weighted by Crippen LogP contribution is -2.43. The zero-order valence-corrected chi connectivity index (χ0v) is 13.2. The Morgan fingerprint density at radius 2 is 2.15 bits per heavy atom. The molecule has 0 radical (unpaired) electrons. The topological polar surface area (TPSA) is 58.4 Å². The van der Waals surface area contributed by atoms with Gasteiger partial charge >= 0.3 is 0 Å². The number of hydrogen-bond acceptors (Lipinski definition) is 3. The summed E-state index contributed by atoms with van der Waals surface area (Å²) in [6.45, 7) is 7.46. The summed E-state index contributed by atoms with van der Waals surface area (Å²) in [5.41, 5.74) is 6.93. The van der Waals surface area contributed by atoms with Crippen molar-refractivity contribution in [2.45, 2.75) is 32.9 Å². The lowest BCUT2D eigenvalue weighted by atomic mass is 10.1. The van der Waals surface area contributed by atoms with Gasteiger partial charge in [-0.2, -0.15) is 0 Å². The minimum absolute atomic E-state index is 0.00314. The molecule has 20 heavy (non-hydrogen) atoms. The van der Waals surface area contributed by atoms with Gasteiger partial charge in [0.25, 0.3) is 0 Å². The van der Waals surface area contributed by atoms with Gasteiger partial charge in [-0.15, -0.1) is 0 Å². The molecule has 0 saturated carbocycles. The highest BCUT2D eigenvalue weighted by Crippen LogP contribution is 2.22. The lowest BCUT2D eigenvalue weighted by Gasteiger charge is -2.30. The Labute approximate surface area is 126 Å². The number of halogens is 1. The molecule has 0 aliphatic heterocycles. The van der Waals surface area contributed by atoms with E-state index in [-0.39, 0.29) is 18.0 Å². The first-order chi connectivity index (χ1) is 9.47. The fourth-order valence-corrected chi connectivity index (χ4v) is 2.40. The Balaban J connectivity index is 2.82. The van der Waals surface area contributed by atoms with Crippen molar-refractivity contribution >= 4 is 17.5 Å². The summed E-state index contributed by atoms with van der Waals surface area (Å²) in [7, 11) is 0. The number of benzene rings is 1. The summed E-state index contributed by atoms with van der Waals surface area (Å²) in [5.74, 6) is 0.0160. The van der Waals surface area contributed by atoms with Crippen molar-refractivity contribution in [3.05, 3.63) is 34.9 Å². The quantitative estimate of drug-likeness (QED) is 0.811. The van der Waals surface area contributed by atoms with Crippen LogP contribution >= 0.6 is 11.6 Å². The van der Waals surface area contributed by atoms with Crippen LogP contribution in [0.3, 0.4) is 0 Å². The molecule has 0 aromatic heterocycles. The van der Waals surface area contributed by atoms with Crippen molar-refractivity contribution in [1.29, 1.82) is 0 Å². The standard InChI is InChI=1S/C15H24ClN3O/c1-4-19(10-15(20)18-11(2)3)14(9-17)12-6-5-7-13(16)8-12/h5-8,11,14H,4,9-10,17H2,1-3H3,(H,18,20). The van der Waals surface area contributed by atoms with Crippen molar-refractivity contribution in [3.63, 3.8) is 0 Å². The van der Waals surface area contributed by atoms with Gasteiger partial charge in [0.1, 0.15) is 0 Å². The second-order valence-electron chi connectivity index (χ2n) is 5.09. The molecule has 0 fully saturated rings. The fraction of sp³-hybridized carbons (Fsp3) is 0.533. The molecule has 1 amide bonds. The van der Waals surface area contributed by atoms with Crippen molar-refractivity contribution in [2.24, 2.45) is 5.73 Å². The molecule has 3 N–H and O–H groups in total. The predicted molar refractivity (Wildman–Crippen MR) is 83.8 cm³/mol. The normalized spacial score (nSPS) is 12.8. The number of carbonyl (C=O) groups is 1. The molecule has 1 aromatic carbocycles. The molecule has 0 spiro atoms. The van der Waals surface area contributed by atoms with Crippen LogP contribution in [0.1, 0.15) is 32.4 Å². The Morgan fingerprint density at radius 3 is 2.65 bits per heavy atom. The number of likely N-dealkylation sites (N-methyl/N-ethyl adjacent to an activating group) is 1. The second kappa shape index (κ2) is 8.25. The van der Waals surface area contributed by atoms with Crippen LogP contribution in [0.5, 0.6) is 0 Å². The Kier molecular flexibility index (Phi) is 6.99. The first-order valence-corrected chi connectivity index (χ1v) is 7.34. The largest absolute Gasteiger partial charge is 0.353 e. The van der Waals surface area contributed by atoms with Crippen molar-refractivity contribution < 1.29 is 4.79 Å². The van der Waals surface area contributed by atoms with Crippen molar-refractivity contribution in [1.82, 2.24) is 10.2 Å². The van der Waals surface area contributed by atoms with E-state index in [4.69, 9.17) is 17.3 Å². The molecule has 1 aromatic rings. The molecule has 1 atom stereocenters. The molecule has 0 aliphatic carbocycles. The monoisotopic (exact) mass is 297 g/mol. The average molecular weight is 298 g/mol. The van der Waals surface area contributed by atoms with Crippen LogP contribution in [0.2, 0.25) is 5.02 Å². The first-order valence-electron chi connectivity index (χ1n) is 6.96. The Morgan fingerprint density at radius 1 is 1.45 bits per heavy atom. The summed E-state index contributed by atoms with van der Waals surface area (Å²) < 4.78 is 0. The molecule has 0 heterocycles. The summed E-state index contributed by atoms with van der Waals surface area (Å²) in [6.07, 6.45) is 0. The van der Waals surface area contributed by atoms with E-state index in [0.29, 0.717) is 18.1 Å². The van der Waals surface area contributed by atoms with E-state index in [1.807, 2.05) is 45.0 Å². The molecule has 0 aliphatic rings. The minimum Gasteiger partial charge on any atom is -0.353 e. The number of rotatable bonds is 7. The van der Waals surface area contributed by atoms with Gasteiger partial charge in [0, 0.05) is 23.7 Å². The average Bonchev–Trinajstić information content (AvgIpc) is 2.37. The van der Waals surface area contributed by atoms with Crippen LogP contribution in [0.15, 0.2) is 24.3 Å². The molecule has 112 valence electrons. The highest BCUT2D eigenvalue weighted by molar-refractivity contribution is 6.30. The summed E-state index contributed by atoms with van der Waals surface area (Å²) in [6, 6.07) is 7.78. The minimum atomic E-state index is -0.00314. The van der Waals surface area contributed by atoms with E-state index in [9.17, 15) is 4.79 Å². The number of nitrogens with one attached hydrogen (secondary N) is 1. The summed E-state index contributed by atoms with van der Waals surface area (Å²) in [4.78, 5) is 14.0. The maximum absolute atomic E-state index is 11.9. The Bertz CT molecular complexity index is 437. The number of carbonyl (C=O) groups excluding carboxylic acids is 1. The van der Waals surface area contributed by atoms with Gasteiger partial charge in [0.05, 0.1) is 6.54 Å². The second-order valence-corrected chi connectivity index (χ2v) is 5.53. The van der Waals surface area contributed by atoms with Crippen LogP contribution in [0.4, 0.5) is 0 Å². The molecule has 0 bridgehead atoms. The third-order valence-corrected chi connectivity index (χ3v) is 3.34. The zero-order chi connectivity index (χ0) is 15.1. The van der Waals surface area contributed by atoms with Gasteiger partial charge in [0.2, 0.25) is 5.91 Å². The maximum Gasteiger partial charge on any atom is 0.234 e. The predicted octanol–water partition coefficient (Wildman–Crippen LogP) is 2.19. The van der Waals surface area contributed by atoms with Gasteiger partial charge in [-0.3, -0.25) is 9.69 Å². The molecular weight excluding hydrogens is 274 g/mol. The molecule has 5 heteroatoms. The zero-order valence-electron chi connectivity index (χ0n) is 12.4. The molecule has 1 unspecified atom stereocenters. The fourth-order valence-electron chi connectivity index (χ4n) is 2.20. The van der Waals surface area contributed by atoms with E-state index in [0.717, 1.165) is 12.1 Å². The summed E-state index contributed by atoms with van der Waals surface area (Å²) >= 11 is 6.03. The summed E-state index contributed by atoms with van der Waals surface area (Å²) in [5, 5.41) is 3.59.